The average molecular weight is 460 g/mol. The van der Waals surface area contributed by atoms with Gasteiger partial charge in [-0.2, -0.15) is 11.3 Å². The van der Waals surface area contributed by atoms with Crippen molar-refractivity contribution in [3.8, 4) is 34.1 Å². The molecule has 3 aromatic rings. The second kappa shape index (κ2) is 9.08. The Balaban J connectivity index is 1.47. The predicted molar refractivity (Wildman–Crippen MR) is 121 cm³/mol. The van der Waals surface area contributed by atoms with E-state index in [2.05, 4.69) is 22.8 Å². The van der Waals surface area contributed by atoms with Crippen molar-refractivity contribution in [2.75, 3.05) is 27.9 Å². The second-order valence-corrected chi connectivity index (χ2v) is 8.18. The number of carbonyl (C=O) groups excluding carboxylic acids is 1. The van der Waals surface area contributed by atoms with Crippen LogP contribution in [-0.2, 0) is 6.42 Å². The Labute approximate surface area is 189 Å². The first-order valence-electron chi connectivity index (χ1n) is 9.64. The van der Waals surface area contributed by atoms with Gasteiger partial charge in [0.05, 0.1) is 38.5 Å². The number of nitrogens with one attached hydrogen (secondary N) is 1. The predicted octanol–water partition coefficient (Wildman–Crippen LogP) is 4.83. The fourth-order valence-electron chi connectivity index (χ4n) is 3.68. The molecule has 0 saturated carbocycles. The molecule has 0 bridgehead atoms. The lowest BCUT2D eigenvalue weighted by molar-refractivity contribution is 0.0929. The number of amides is 1. The lowest BCUT2D eigenvalue weighted by Gasteiger charge is -2.16. The van der Waals surface area contributed by atoms with Gasteiger partial charge in [-0.05, 0) is 52.2 Å². The molecule has 1 atom stereocenters. The van der Waals surface area contributed by atoms with E-state index < -0.39 is 0 Å². The Morgan fingerprint density at radius 2 is 1.94 bits per heavy atom. The molecule has 31 heavy (non-hydrogen) atoms. The molecule has 0 fully saturated rings. The van der Waals surface area contributed by atoms with Crippen molar-refractivity contribution in [2.45, 2.75) is 12.5 Å². The van der Waals surface area contributed by atoms with Crippen LogP contribution in [0.4, 0.5) is 0 Å². The summed E-state index contributed by atoms with van der Waals surface area (Å²) in [5.74, 6) is 1.57. The van der Waals surface area contributed by atoms with Crippen LogP contribution in [0.2, 0.25) is 5.02 Å². The van der Waals surface area contributed by atoms with Gasteiger partial charge in [-0.15, -0.1) is 0 Å². The minimum Gasteiger partial charge on any atom is -0.493 e. The summed E-state index contributed by atoms with van der Waals surface area (Å²) < 4.78 is 22.0. The zero-order valence-corrected chi connectivity index (χ0v) is 18.9. The maximum absolute atomic E-state index is 12.8. The smallest absolute Gasteiger partial charge is 0.255 e. The summed E-state index contributed by atoms with van der Waals surface area (Å²) in [5.41, 5.74) is 3.59. The standard InChI is InChI=1S/C23H22ClNO5S/c1-27-19-5-4-17(21(28-2)22(19)29-3)23(26)25-11-16-9-15-8-14(13-6-7-31-12-13)10-18(24)20(15)30-16/h4-8,10,12,16H,9,11H2,1-3H3,(H,25,26). The molecule has 1 aliphatic heterocycles. The van der Waals surface area contributed by atoms with E-state index in [-0.39, 0.29) is 12.0 Å². The van der Waals surface area contributed by atoms with Crippen LogP contribution in [-0.4, -0.2) is 39.9 Å². The van der Waals surface area contributed by atoms with Gasteiger partial charge < -0.3 is 24.3 Å². The first-order chi connectivity index (χ1) is 15.0. The van der Waals surface area contributed by atoms with Crippen LogP contribution in [0.5, 0.6) is 23.0 Å². The van der Waals surface area contributed by atoms with Gasteiger partial charge in [0, 0.05) is 12.0 Å². The molecule has 6 nitrogen and oxygen atoms in total. The van der Waals surface area contributed by atoms with Crippen LogP contribution < -0.4 is 24.3 Å². The largest absolute Gasteiger partial charge is 0.493 e. The summed E-state index contributed by atoms with van der Waals surface area (Å²) >= 11 is 8.11. The van der Waals surface area contributed by atoms with Gasteiger partial charge >= 0.3 is 0 Å². The Morgan fingerprint density at radius 1 is 1.13 bits per heavy atom. The monoisotopic (exact) mass is 459 g/mol. The molecule has 2 aromatic carbocycles. The van der Waals surface area contributed by atoms with Crippen LogP contribution in [0.25, 0.3) is 11.1 Å². The van der Waals surface area contributed by atoms with Gasteiger partial charge in [-0.3, -0.25) is 4.79 Å². The maximum Gasteiger partial charge on any atom is 0.255 e. The molecule has 2 heterocycles. The number of hydrogen-bond donors (Lipinski definition) is 1. The van der Waals surface area contributed by atoms with E-state index in [0.29, 0.717) is 46.5 Å². The third-order valence-corrected chi connectivity index (χ3v) is 6.11. The molecule has 0 saturated heterocycles. The van der Waals surface area contributed by atoms with E-state index >= 15 is 0 Å². The lowest BCUT2D eigenvalue weighted by Crippen LogP contribution is -2.34. The molecule has 8 heteroatoms. The van der Waals surface area contributed by atoms with Crippen LogP contribution in [0, 0.1) is 0 Å². The number of fused-ring (bicyclic) bond motifs is 1. The van der Waals surface area contributed by atoms with Gasteiger partial charge in [0.15, 0.2) is 11.5 Å². The number of halogens is 1. The highest BCUT2D eigenvalue weighted by Gasteiger charge is 2.27. The minimum absolute atomic E-state index is 0.208. The number of hydrogen-bond acceptors (Lipinski definition) is 6. The highest BCUT2D eigenvalue weighted by molar-refractivity contribution is 7.08. The first-order valence-corrected chi connectivity index (χ1v) is 11.0. The van der Waals surface area contributed by atoms with Crippen molar-refractivity contribution in [3.63, 3.8) is 0 Å². The van der Waals surface area contributed by atoms with Crippen LogP contribution in [0.3, 0.4) is 0 Å². The fourth-order valence-corrected chi connectivity index (χ4v) is 4.63. The summed E-state index contributed by atoms with van der Waals surface area (Å²) in [5, 5.41) is 7.62. The summed E-state index contributed by atoms with van der Waals surface area (Å²) in [6.07, 6.45) is 0.455. The van der Waals surface area contributed by atoms with Crippen LogP contribution in [0.1, 0.15) is 15.9 Å². The molecule has 0 radical (unpaired) electrons. The highest BCUT2D eigenvalue weighted by Crippen LogP contribution is 2.41. The highest BCUT2D eigenvalue weighted by atomic mass is 35.5. The Kier molecular flexibility index (Phi) is 6.25. The number of thiophene rings is 1. The SMILES string of the molecule is COc1ccc(C(=O)NCC2Cc3cc(-c4ccsc4)cc(Cl)c3O2)c(OC)c1OC. The van der Waals surface area contributed by atoms with Gasteiger partial charge in [0.1, 0.15) is 11.9 Å². The zero-order chi connectivity index (χ0) is 22.0. The van der Waals surface area contributed by atoms with Crippen molar-refractivity contribution >= 4 is 28.8 Å². The summed E-state index contributed by atoms with van der Waals surface area (Å²) in [4.78, 5) is 12.8. The van der Waals surface area contributed by atoms with Gasteiger partial charge in [0.25, 0.3) is 5.91 Å². The second-order valence-electron chi connectivity index (χ2n) is 6.99. The van der Waals surface area contributed by atoms with Gasteiger partial charge in [0.2, 0.25) is 5.75 Å². The van der Waals surface area contributed by atoms with Gasteiger partial charge in [-0.1, -0.05) is 11.6 Å². The Bertz CT molecular complexity index is 1100. The molecule has 4 rings (SSSR count). The molecule has 0 aliphatic carbocycles. The number of rotatable bonds is 7. The molecular weight excluding hydrogens is 438 g/mol. The summed E-state index contributed by atoms with van der Waals surface area (Å²) in [7, 11) is 4.51. The molecule has 0 spiro atoms. The molecule has 1 unspecified atom stereocenters. The van der Waals surface area contributed by atoms with Crippen molar-refractivity contribution in [1.29, 1.82) is 0 Å². The van der Waals surface area contributed by atoms with E-state index in [9.17, 15) is 4.79 Å². The summed E-state index contributed by atoms with van der Waals surface area (Å²) in [6, 6.07) is 9.39. The van der Waals surface area contributed by atoms with E-state index in [1.807, 2.05) is 11.4 Å². The number of methoxy groups -OCH3 is 3. The van der Waals surface area contributed by atoms with Crippen molar-refractivity contribution in [2.24, 2.45) is 0 Å². The Morgan fingerprint density at radius 3 is 2.61 bits per heavy atom. The van der Waals surface area contributed by atoms with E-state index in [1.165, 1.54) is 21.3 Å². The average Bonchev–Trinajstić information content (AvgIpc) is 3.46. The minimum atomic E-state index is -0.289. The van der Waals surface area contributed by atoms with E-state index in [1.54, 1.807) is 23.5 Å². The lowest BCUT2D eigenvalue weighted by atomic mass is 10.0. The molecular formula is C23H22ClNO5S. The molecule has 162 valence electrons. The third-order valence-electron chi connectivity index (χ3n) is 5.15. The summed E-state index contributed by atoms with van der Waals surface area (Å²) in [6.45, 7) is 0.328. The van der Waals surface area contributed by atoms with Crippen molar-refractivity contribution < 1.29 is 23.7 Å². The fraction of sp³-hybridized carbons (Fsp3) is 0.261. The quantitative estimate of drug-likeness (QED) is 0.548. The number of carbonyl (C=O) groups is 1. The number of ether oxygens (including phenoxy) is 4. The van der Waals surface area contributed by atoms with Crippen LogP contribution >= 0.6 is 22.9 Å². The van der Waals surface area contributed by atoms with Crippen LogP contribution in [0.15, 0.2) is 41.1 Å². The normalized spacial score (nSPS) is 14.5. The molecule has 1 N–H and O–H groups in total. The first kappa shape index (κ1) is 21.3. The van der Waals surface area contributed by atoms with E-state index in [4.69, 9.17) is 30.5 Å². The van der Waals surface area contributed by atoms with Gasteiger partial charge in [-0.25, -0.2) is 0 Å². The maximum atomic E-state index is 12.8. The molecule has 1 aromatic heterocycles. The molecule has 1 amide bonds. The van der Waals surface area contributed by atoms with Crippen molar-refractivity contribution in [1.82, 2.24) is 5.32 Å². The molecule has 1 aliphatic rings. The topological polar surface area (TPSA) is 66.0 Å². The zero-order valence-electron chi connectivity index (χ0n) is 17.4. The number of benzene rings is 2. The third kappa shape index (κ3) is 4.16. The van der Waals surface area contributed by atoms with Crippen molar-refractivity contribution in [3.05, 3.63) is 57.2 Å². The van der Waals surface area contributed by atoms with E-state index in [0.717, 1.165) is 16.7 Å². The Hall–Kier alpha value is -2.90.